The second-order valence-electron chi connectivity index (χ2n) is 2.08. The average Bonchev–Trinajstić information content (AvgIpc) is 1.87. The summed E-state index contributed by atoms with van der Waals surface area (Å²) >= 11 is 0. The molecule has 10 heavy (non-hydrogen) atoms. The highest BCUT2D eigenvalue weighted by Gasteiger charge is 1.93. The largest absolute Gasteiger partial charge is 0.385 e. The van der Waals surface area contributed by atoms with Crippen LogP contribution < -0.4 is 5.73 Å². The zero-order valence-electron chi connectivity index (χ0n) is 6.30. The van der Waals surface area contributed by atoms with Gasteiger partial charge in [-0.25, -0.2) is 0 Å². The van der Waals surface area contributed by atoms with Gasteiger partial charge in [-0.05, 0) is 19.3 Å². The Labute approximate surface area is 61.5 Å². The Morgan fingerprint density at radius 2 is 2.30 bits per heavy atom. The van der Waals surface area contributed by atoms with Crippen molar-refractivity contribution in [1.29, 1.82) is 0 Å². The Bertz CT molecular complexity index is 93.6. The summed E-state index contributed by atoms with van der Waals surface area (Å²) in [5, 5.41) is 0. The van der Waals surface area contributed by atoms with Crippen molar-refractivity contribution in [2.24, 2.45) is 5.73 Å². The molecule has 1 amide bonds. The van der Waals surface area contributed by atoms with Crippen LogP contribution in [-0.4, -0.2) is 19.6 Å². The Balaban J connectivity index is 2.84. The second-order valence-corrected chi connectivity index (χ2v) is 2.08. The number of primary amides is 1. The number of hydrogen-bond acceptors (Lipinski definition) is 2. The third-order valence-electron chi connectivity index (χ3n) is 1.12. The molecule has 0 aliphatic heterocycles. The fourth-order valence-electron chi connectivity index (χ4n) is 0.590. The summed E-state index contributed by atoms with van der Waals surface area (Å²) in [6.07, 6.45) is 4.11. The van der Waals surface area contributed by atoms with Crippen LogP contribution in [0.25, 0.3) is 0 Å². The standard InChI is InChI=1S/C7H14NO2/c1-10-6-4-2-3-5-7(8)9/h2H,3-6H2,1H3,(H2,8,9). The van der Waals surface area contributed by atoms with Crippen LogP contribution in [0.1, 0.15) is 19.3 Å². The molecule has 0 unspecified atom stereocenters. The lowest BCUT2D eigenvalue weighted by atomic mass is 10.2. The van der Waals surface area contributed by atoms with E-state index in [1.54, 1.807) is 7.11 Å². The third kappa shape index (κ3) is 7.43. The van der Waals surface area contributed by atoms with Crippen LogP contribution >= 0.6 is 0 Å². The second kappa shape index (κ2) is 6.55. The zero-order chi connectivity index (χ0) is 7.82. The highest BCUT2D eigenvalue weighted by atomic mass is 16.5. The molecule has 0 aromatic carbocycles. The van der Waals surface area contributed by atoms with Crippen LogP contribution in [-0.2, 0) is 9.53 Å². The lowest BCUT2D eigenvalue weighted by Crippen LogP contribution is -2.09. The maximum Gasteiger partial charge on any atom is 0.217 e. The molecule has 3 heteroatoms. The molecule has 2 N–H and O–H groups in total. The maximum absolute atomic E-state index is 10.2. The fraction of sp³-hybridized carbons (Fsp3) is 0.714. The molecule has 0 rings (SSSR count). The van der Waals surface area contributed by atoms with E-state index < -0.39 is 0 Å². The van der Waals surface area contributed by atoms with Crippen molar-refractivity contribution in [2.75, 3.05) is 13.7 Å². The van der Waals surface area contributed by atoms with Crippen molar-refractivity contribution in [3.05, 3.63) is 6.42 Å². The predicted molar refractivity (Wildman–Crippen MR) is 39.2 cm³/mol. The van der Waals surface area contributed by atoms with Crippen LogP contribution in [0.15, 0.2) is 0 Å². The number of unbranched alkanes of at least 4 members (excludes halogenated alkanes) is 2. The molecule has 0 spiro atoms. The minimum Gasteiger partial charge on any atom is -0.385 e. The van der Waals surface area contributed by atoms with E-state index in [2.05, 4.69) is 0 Å². The van der Waals surface area contributed by atoms with Crippen molar-refractivity contribution >= 4 is 5.91 Å². The lowest BCUT2D eigenvalue weighted by molar-refractivity contribution is -0.118. The Morgan fingerprint density at radius 3 is 2.80 bits per heavy atom. The molecular weight excluding hydrogens is 130 g/mol. The van der Waals surface area contributed by atoms with E-state index >= 15 is 0 Å². The van der Waals surface area contributed by atoms with E-state index in [0.29, 0.717) is 6.42 Å². The molecule has 0 saturated heterocycles. The number of methoxy groups -OCH3 is 1. The maximum atomic E-state index is 10.2. The molecule has 0 heterocycles. The van der Waals surface area contributed by atoms with Gasteiger partial charge in [-0.1, -0.05) is 0 Å². The third-order valence-corrected chi connectivity index (χ3v) is 1.12. The van der Waals surface area contributed by atoms with E-state index in [9.17, 15) is 4.79 Å². The number of carbonyl (C=O) groups excluding carboxylic acids is 1. The summed E-state index contributed by atoms with van der Waals surface area (Å²) in [5.74, 6) is -0.242. The quantitative estimate of drug-likeness (QED) is 0.552. The monoisotopic (exact) mass is 144 g/mol. The molecule has 0 saturated carbocycles. The highest BCUT2D eigenvalue weighted by molar-refractivity contribution is 5.73. The first-order valence-corrected chi connectivity index (χ1v) is 3.36. The Kier molecular flexibility index (Phi) is 6.18. The summed E-state index contributed by atoms with van der Waals surface area (Å²) in [6, 6.07) is 0. The van der Waals surface area contributed by atoms with Crippen LogP contribution in [0.5, 0.6) is 0 Å². The Hall–Kier alpha value is -0.570. The average molecular weight is 144 g/mol. The molecule has 0 fully saturated rings. The number of rotatable bonds is 6. The molecule has 59 valence electrons. The molecule has 0 aliphatic rings. The van der Waals surface area contributed by atoms with E-state index in [4.69, 9.17) is 10.5 Å². The van der Waals surface area contributed by atoms with Crippen LogP contribution in [0.2, 0.25) is 0 Å². The van der Waals surface area contributed by atoms with Gasteiger partial charge in [0, 0.05) is 20.1 Å². The molecule has 0 atom stereocenters. The number of hydrogen-bond donors (Lipinski definition) is 1. The minimum atomic E-state index is -0.242. The van der Waals surface area contributed by atoms with Crippen molar-refractivity contribution in [2.45, 2.75) is 19.3 Å². The molecule has 0 aliphatic carbocycles. The first kappa shape index (κ1) is 9.43. The fourth-order valence-corrected chi connectivity index (χ4v) is 0.590. The smallest absolute Gasteiger partial charge is 0.217 e. The summed E-state index contributed by atoms with van der Waals surface area (Å²) in [6.45, 7) is 0.721. The van der Waals surface area contributed by atoms with Gasteiger partial charge >= 0.3 is 0 Å². The van der Waals surface area contributed by atoms with E-state index in [1.807, 2.05) is 6.42 Å². The van der Waals surface area contributed by atoms with E-state index in [0.717, 1.165) is 19.4 Å². The Morgan fingerprint density at radius 1 is 1.60 bits per heavy atom. The van der Waals surface area contributed by atoms with Gasteiger partial charge in [0.2, 0.25) is 5.91 Å². The zero-order valence-corrected chi connectivity index (χ0v) is 6.30. The summed E-state index contributed by atoms with van der Waals surface area (Å²) < 4.78 is 4.80. The topological polar surface area (TPSA) is 52.3 Å². The molecule has 0 bridgehead atoms. The molecular formula is C7H14NO2. The molecule has 0 aromatic heterocycles. The predicted octanol–water partition coefficient (Wildman–Crippen LogP) is 0.493. The van der Waals surface area contributed by atoms with Gasteiger partial charge in [0.05, 0.1) is 0 Å². The van der Waals surface area contributed by atoms with Gasteiger partial charge in [0.25, 0.3) is 0 Å². The van der Waals surface area contributed by atoms with Crippen molar-refractivity contribution in [3.63, 3.8) is 0 Å². The number of carbonyl (C=O) groups is 1. The summed E-state index contributed by atoms with van der Waals surface area (Å²) in [5.41, 5.74) is 4.92. The first-order valence-electron chi connectivity index (χ1n) is 3.36. The van der Waals surface area contributed by atoms with Crippen molar-refractivity contribution in [3.8, 4) is 0 Å². The van der Waals surface area contributed by atoms with Gasteiger partial charge in [-0.3, -0.25) is 4.79 Å². The van der Waals surface area contributed by atoms with Crippen molar-refractivity contribution in [1.82, 2.24) is 0 Å². The SMILES string of the molecule is COCC[CH]CCC(N)=O. The van der Waals surface area contributed by atoms with Gasteiger partial charge < -0.3 is 10.5 Å². The van der Waals surface area contributed by atoms with Gasteiger partial charge in [0.1, 0.15) is 0 Å². The molecule has 3 nitrogen and oxygen atoms in total. The number of nitrogens with two attached hydrogens (primary N) is 1. The van der Waals surface area contributed by atoms with Gasteiger partial charge in [0.15, 0.2) is 0 Å². The minimum absolute atomic E-state index is 0.242. The normalized spacial score (nSPS) is 9.70. The number of amides is 1. The first-order chi connectivity index (χ1) is 4.77. The number of ether oxygens (including phenoxy) is 1. The van der Waals surface area contributed by atoms with Crippen molar-refractivity contribution < 1.29 is 9.53 Å². The summed E-state index contributed by atoms with van der Waals surface area (Å²) in [7, 11) is 1.65. The summed E-state index contributed by atoms with van der Waals surface area (Å²) in [4.78, 5) is 10.2. The van der Waals surface area contributed by atoms with Crippen LogP contribution in [0.4, 0.5) is 0 Å². The molecule has 0 aromatic rings. The van der Waals surface area contributed by atoms with E-state index in [-0.39, 0.29) is 5.91 Å². The van der Waals surface area contributed by atoms with Crippen LogP contribution in [0, 0.1) is 6.42 Å². The lowest BCUT2D eigenvalue weighted by Gasteiger charge is -1.96. The highest BCUT2D eigenvalue weighted by Crippen LogP contribution is 1.96. The van der Waals surface area contributed by atoms with E-state index in [1.165, 1.54) is 0 Å². The van der Waals surface area contributed by atoms with Crippen LogP contribution in [0.3, 0.4) is 0 Å². The van der Waals surface area contributed by atoms with Gasteiger partial charge in [-0.15, -0.1) is 0 Å². The van der Waals surface area contributed by atoms with Gasteiger partial charge in [-0.2, -0.15) is 0 Å². The molecule has 1 radical (unpaired) electrons.